The monoisotopic (exact) mass is 321 g/mol. The van der Waals surface area contributed by atoms with Gasteiger partial charge in [-0.05, 0) is 24.6 Å². The van der Waals surface area contributed by atoms with Gasteiger partial charge in [-0.2, -0.15) is 0 Å². The van der Waals surface area contributed by atoms with Gasteiger partial charge in [0.2, 0.25) is 0 Å². The summed E-state index contributed by atoms with van der Waals surface area (Å²) >= 11 is 0. The third kappa shape index (κ3) is 3.20. The first-order valence-corrected chi connectivity index (χ1v) is 7.00. The number of methoxy groups -OCH3 is 2. The molecule has 1 aromatic rings. The Morgan fingerprint density at radius 1 is 1.30 bits per heavy atom. The molecular formula is C16H19NO6. The Morgan fingerprint density at radius 3 is 2.48 bits per heavy atom. The standard InChI is InChI=1S/C16H19NO6/c1-9(18)13-14(10-5-4-6-11(19)7-10)17(16(21)15(13)20)8-12(22-2)23-3/h4-7,12,14,19-20H,8H2,1-3H3/t14-/m0/s1. The van der Waals surface area contributed by atoms with Crippen LogP contribution < -0.4 is 0 Å². The van der Waals surface area contributed by atoms with E-state index in [-0.39, 0.29) is 17.9 Å². The predicted octanol–water partition coefficient (Wildman–Crippen LogP) is 1.30. The van der Waals surface area contributed by atoms with Gasteiger partial charge in [0.25, 0.3) is 5.91 Å². The van der Waals surface area contributed by atoms with Crippen LogP contribution in [0.3, 0.4) is 0 Å². The van der Waals surface area contributed by atoms with Crippen LogP contribution in [0.4, 0.5) is 0 Å². The van der Waals surface area contributed by atoms with Crippen molar-refractivity contribution in [2.45, 2.75) is 19.3 Å². The van der Waals surface area contributed by atoms with Crippen LogP contribution in [-0.2, 0) is 19.1 Å². The lowest BCUT2D eigenvalue weighted by molar-refractivity contribution is -0.144. The van der Waals surface area contributed by atoms with E-state index in [0.717, 1.165) is 0 Å². The number of ether oxygens (including phenoxy) is 2. The van der Waals surface area contributed by atoms with Gasteiger partial charge >= 0.3 is 0 Å². The number of Topliss-reactive ketones (excluding diaryl/α,β-unsaturated/α-hetero) is 1. The van der Waals surface area contributed by atoms with Gasteiger partial charge in [0, 0.05) is 14.2 Å². The predicted molar refractivity (Wildman–Crippen MR) is 80.7 cm³/mol. The van der Waals surface area contributed by atoms with E-state index >= 15 is 0 Å². The molecule has 2 rings (SSSR count). The number of ketones is 1. The minimum atomic E-state index is -0.806. The Kier molecular flexibility index (Phi) is 5.02. The van der Waals surface area contributed by atoms with E-state index in [1.807, 2.05) is 0 Å². The molecule has 1 aromatic carbocycles. The molecular weight excluding hydrogens is 302 g/mol. The number of phenolic OH excluding ortho intramolecular Hbond substituents is 1. The van der Waals surface area contributed by atoms with E-state index in [9.17, 15) is 19.8 Å². The Hall–Kier alpha value is -2.38. The highest BCUT2D eigenvalue weighted by Gasteiger charge is 2.43. The van der Waals surface area contributed by atoms with E-state index in [1.54, 1.807) is 12.1 Å². The molecule has 1 aliphatic rings. The molecule has 0 aliphatic carbocycles. The molecule has 124 valence electrons. The number of hydrogen-bond acceptors (Lipinski definition) is 6. The number of aliphatic hydroxyl groups excluding tert-OH is 1. The minimum absolute atomic E-state index is 0.000719. The molecule has 23 heavy (non-hydrogen) atoms. The van der Waals surface area contributed by atoms with Crippen LogP contribution in [0, 0.1) is 0 Å². The fraction of sp³-hybridized carbons (Fsp3) is 0.375. The fourth-order valence-electron chi connectivity index (χ4n) is 2.65. The van der Waals surface area contributed by atoms with Gasteiger partial charge in [-0.15, -0.1) is 0 Å². The summed E-state index contributed by atoms with van der Waals surface area (Å²) in [5.41, 5.74) is 0.505. The van der Waals surface area contributed by atoms with Gasteiger partial charge < -0.3 is 24.6 Å². The molecule has 7 heteroatoms. The highest BCUT2D eigenvalue weighted by atomic mass is 16.7. The first-order valence-electron chi connectivity index (χ1n) is 7.00. The summed E-state index contributed by atoms with van der Waals surface area (Å²) in [4.78, 5) is 25.6. The van der Waals surface area contributed by atoms with Crippen molar-refractivity contribution < 1.29 is 29.3 Å². The molecule has 0 saturated carbocycles. The number of amides is 1. The zero-order valence-electron chi connectivity index (χ0n) is 13.1. The summed E-state index contributed by atoms with van der Waals surface area (Å²) in [7, 11) is 2.86. The molecule has 7 nitrogen and oxygen atoms in total. The molecule has 1 aliphatic heterocycles. The van der Waals surface area contributed by atoms with Crippen LogP contribution in [-0.4, -0.2) is 53.9 Å². The van der Waals surface area contributed by atoms with Crippen molar-refractivity contribution in [3.63, 3.8) is 0 Å². The lowest BCUT2D eigenvalue weighted by Gasteiger charge is -2.29. The molecule has 0 radical (unpaired) electrons. The van der Waals surface area contributed by atoms with Crippen LogP contribution in [0.25, 0.3) is 0 Å². The maximum absolute atomic E-state index is 12.3. The van der Waals surface area contributed by atoms with E-state index in [0.29, 0.717) is 5.56 Å². The number of hydrogen-bond donors (Lipinski definition) is 2. The first-order chi connectivity index (χ1) is 10.9. The number of carbonyl (C=O) groups excluding carboxylic acids is 2. The highest BCUT2D eigenvalue weighted by Crippen LogP contribution is 2.38. The maximum atomic E-state index is 12.3. The highest BCUT2D eigenvalue weighted by molar-refractivity contribution is 6.08. The SMILES string of the molecule is COC(CN1C(=O)C(O)=C(C(C)=O)[C@@H]1c1cccc(O)c1)OC. The Labute approximate surface area is 133 Å². The quantitative estimate of drug-likeness (QED) is 0.767. The van der Waals surface area contributed by atoms with Gasteiger partial charge in [0.05, 0.1) is 18.2 Å². The normalized spacial score (nSPS) is 18.2. The number of carbonyl (C=O) groups is 2. The number of aliphatic hydroxyl groups is 1. The Balaban J connectivity index is 2.49. The van der Waals surface area contributed by atoms with Crippen molar-refractivity contribution in [3.8, 4) is 5.75 Å². The van der Waals surface area contributed by atoms with E-state index in [4.69, 9.17) is 9.47 Å². The Bertz CT molecular complexity index is 650. The summed E-state index contributed by atoms with van der Waals surface area (Å²) in [6.45, 7) is 1.30. The second-order valence-electron chi connectivity index (χ2n) is 5.17. The van der Waals surface area contributed by atoms with Crippen LogP contribution in [0.5, 0.6) is 5.75 Å². The number of nitrogens with zero attached hydrogens (tertiary/aromatic N) is 1. The molecule has 1 amide bonds. The summed E-state index contributed by atoms with van der Waals surface area (Å²) in [5, 5.41) is 19.8. The fourth-order valence-corrected chi connectivity index (χ4v) is 2.65. The molecule has 0 bridgehead atoms. The smallest absolute Gasteiger partial charge is 0.290 e. The maximum Gasteiger partial charge on any atom is 0.290 e. The van der Waals surface area contributed by atoms with Crippen molar-refractivity contribution in [2.75, 3.05) is 20.8 Å². The number of benzene rings is 1. The van der Waals surface area contributed by atoms with Crippen LogP contribution in [0.15, 0.2) is 35.6 Å². The third-order valence-corrected chi connectivity index (χ3v) is 3.74. The van der Waals surface area contributed by atoms with Crippen molar-refractivity contribution in [1.29, 1.82) is 0 Å². The summed E-state index contributed by atoms with van der Waals surface area (Å²) in [6.07, 6.45) is -0.710. The van der Waals surface area contributed by atoms with Gasteiger partial charge in [-0.25, -0.2) is 0 Å². The van der Waals surface area contributed by atoms with Gasteiger partial charge in [-0.3, -0.25) is 9.59 Å². The summed E-state index contributed by atoms with van der Waals surface area (Å²) in [6, 6.07) is 5.39. The largest absolute Gasteiger partial charge is 0.508 e. The van der Waals surface area contributed by atoms with E-state index < -0.39 is 29.8 Å². The molecule has 0 aromatic heterocycles. The number of rotatable bonds is 6. The molecule has 0 saturated heterocycles. The molecule has 1 atom stereocenters. The second-order valence-corrected chi connectivity index (χ2v) is 5.17. The third-order valence-electron chi connectivity index (χ3n) is 3.74. The average Bonchev–Trinajstić information content (AvgIpc) is 2.77. The summed E-state index contributed by atoms with van der Waals surface area (Å²) < 4.78 is 10.2. The number of phenols is 1. The molecule has 2 N–H and O–H groups in total. The zero-order valence-corrected chi connectivity index (χ0v) is 13.1. The molecule has 0 spiro atoms. The van der Waals surface area contributed by atoms with Crippen LogP contribution >= 0.6 is 0 Å². The van der Waals surface area contributed by atoms with Crippen LogP contribution in [0.1, 0.15) is 18.5 Å². The topological polar surface area (TPSA) is 96.3 Å². The molecule has 0 unspecified atom stereocenters. The zero-order chi connectivity index (χ0) is 17.1. The first kappa shape index (κ1) is 17.0. The van der Waals surface area contributed by atoms with E-state index in [1.165, 1.54) is 38.2 Å². The molecule has 0 fully saturated rings. The molecule has 1 heterocycles. The Morgan fingerprint density at radius 2 is 1.96 bits per heavy atom. The lowest BCUT2D eigenvalue weighted by Crippen LogP contribution is -2.38. The van der Waals surface area contributed by atoms with Crippen molar-refractivity contribution in [1.82, 2.24) is 4.90 Å². The van der Waals surface area contributed by atoms with Crippen molar-refractivity contribution >= 4 is 11.7 Å². The van der Waals surface area contributed by atoms with Crippen molar-refractivity contribution in [2.24, 2.45) is 0 Å². The summed E-state index contributed by atoms with van der Waals surface area (Å²) in [5.74, 6) is -1.68. The van der Waals surface area contributed by atoms with Crippen molar-refractivity contribution in [3.05, 3.63) is 41.2 Å². The lowest BCUT2D eigenvalue weighted by atomic mass is 9.96. The minimum Gasteiger partial charge on any atom is -0.508 e. The number of aromatic hydroxyl groups is 1. The van der Waals surface area contributed by atoms with Gasteiger partial charge in [-0.1, -0.05) is 12.1 Å². The van der Waals surface area contributed by atoms with E-state index in [2.05, 4.69) is 0 Å². The van der Waals surface area contributed by atoms with Gasteiger partial charge in [0.15, 0.2) is 17.8 Å². The van der Waals surface area contributed by atoms with Crippen LogP contribution in [0.2, 0.25) is 0 Å². The van der Waals surface area contributed by atoms with Gasteiger partial charge in [0.1, 0.15) is 5.75 Å². The second kappa shape index (κ2) is 6.80. The average molecular weight is 321 g/mol.